The summed E-state index contributed by atoms with van der Waals surface area (Å²) in [5.74, 6) is -4.78. The summed E-state index contributed by atoms with van der Waals surface area (Å²) in [5, 5.41) is 9.48. The van der Waals surface area contributed by atoms with Crippen molar-refractivity contribution in [3.63, 3.8) is 0 Å². The van der Waals surface area contributed by atoms with Crippen LogP contribution < -0.4 is 16.0 Å². The van der Waals surface area contributed by atoms with Gasteiger partial charge in [0, 0.05) is 24.1 Å². The predicted molar refractivity (Wildman–Crippen MR) is 123 cm³/mol. The molecule has 2 aromatic carbocycles. The van der Waals surface area contributed by atoms with E-state index in [9.17, 15) is 28.0 Å². The zero-order valence-corrected chi connectivity index (χ0v) is 18.8. The molecular formula is C26H20F3N3O3. The van der Waals surface area contributed by atoms with Crippen LogP contribution in [0.5, 0.6) is 5.75 Å². The van der Waals surface area contributed by atoms with Gasteiger partial charge in [0.25, 0.3) is 5.56 Å². The normalized spacial score (nSPS) is 17.5. The van der Waals surface area contributed by atoms with Gasteiger partial charge in [-0.2, -0.15) is 14.0 Å². The van der Waals surface area contributed by atoms with Crippen LogP contribution in [0, 0.1) is 17.1 Å². The van der Waals surface area contributed by atoms with Crippen molar-refractivity contribution in [2.75, 3.05) is 0 Å². The van der Waals surface area contributed by atoms with Gasteiger partial charge in [0.1, 0.15) is 23.2 Å². The van der Waals surface area contributed by atoms with E-state index in [4.69, 9.17) is 4.74 Å². The minimum atomic E-state index is -3.66. The van der Waals surface area contributed by atoms with Gasteiger partial charge in [0.2, 0.25) is 0 Å². The Morgan fingerprint density at radius 1 is 1.17 bits per heavy atom. The Balaban J connectivity index is 1.82. The molecular weight excluding hydrogens is 459 g/mol. The molecule has 0 saturated heterocycles. The summed E-state index contributed by atoms with van der Waals surface area (Å²) >= 11 is 0. The molecule has 0 bridgehead atoms. The number of rotatable bonds is 5. The lowest BCUT2D eigenvalue weighted by Gasteiger charge is -2.33. The monoisotopic (exact) mass is 479 g/mol. The number of H-pyrrole nitrogens is 1. The molecule has 0 saturated carbocycles. The molecule has 0 radical (unpaired) electrons. The van der Waals surface area contributed by atoms with Crippen molar-refractivity contribution in [1.29, 1.82) is 5.26 Å². The van der Waals surface area contributed by atoms with Gasteiger partial charge in [0.15, 0.2) is 0 Å². The van der Waals surface area contributed by atoms with Crippen LogP contribution >= 0.6 is 0 Å². The maximum absolute atomic E-state index is 14.9. The lowest BCUT2D eigenvalue weighted by Crippen LogP contribution is -2.37. The number of hydrogen-bond acceptors (Lipinski definition) is 4. The zero-order chi connectivity index (χ0) is 25.4. The Morgan fingerprint density at radius 3 is 2.51 bits per heavy atom. The van der Waals surface area contributed by atoms with Gasteiger partial charge < -0.3 is 9.72 Å². The molecule has 1 aliphatic carbocycles. The molecule has 1 aromatic heterocycles. The first-order chi connectivity index (χ1) is 16.6. The van der Waals surface area contributed by atoms with E-state index in [0.717, 1.165) is 29.8 Å². The number of allylic oxidation sites excluding steroid dienone is 2. The quantitative estimate of drug-likeness (QED) is 0.574. The van der Waals surface area contributed by atoms with Crippen LogP contribution in [0.25, 0.3) is 5.69 Å². The molecule has 0 amide bonds. The van der Waals surface area contributed by atoms with Crippen molar-refractivity contribution in [1.82, 2.24) is 9.55 Å². The van der Waals surface area contributed by atoms with Crippen molar-refractivity contribution >= 4 is 0 Å². The number of benzene rings is 2. The molecule has 178 valence electrons. The van der Waals surface area contributed by atoms with Crippen LogP contribution in [0.15, 0.2) is 81.9 Å². The molecule has 0 aliphatic heterocycles. The first-order valence-corrected chi connectivity index (χ1v) is 10.6. The molecule has 0 spiro atoms. The van der Waals surface area contributed by atoms with E-state index in [0.29, 0.717) is 17.1 Å². The Labute approximate surface area is 198 Å². The highest BCUT2D eigenvalue weighted by Crippen LogP contribution is 2.35. The molecule has 0 fully saturated rings. The molecule has 1 heterocycles. The number of nitriles is 1. The third-order valence-corrected chi connectivity index (χ3v) is 5.98. The Hall–Kier alpha value is -4.32. The fraction of sp³-hybridized carbons (Fsp3) is 0.192. The van der Waals surface area contributed by atoms with Crippen LogP contribution in [-0.4, -0.2) is 15.2 Å². The van der Waals surface area contributed by atoms with Gasteiger partial charge in [-0.05, 0) is 25.5 Å². The average molecular weight is 479 g/mol. The van der Waals surface area contributed by atoms with Gasteiger partial charge in [-0.3, -0.25) is 4.79 Å². The highest BCUT2D eigenvalue weighted by atomic mass is 19.3. The highest BCUT2D eigenvalue weighted by Gasteiger charge is 2.36. The summed E-state index contributed by atoms with van der Waals surface area (Å²) in [6.07, 6.45) is 6.02. The average Bonchev–Trinajstić information content (AvgIpc) is 2.82. The van der Waals surface area contributed by atoms with E-state index >= 15 is 0 Å². The number of halogens is 3. The van der Waals surface area contributed by atoms with Crippen LogP contribution in [0.1, 0.15) is 37.1 Å². The SMILES string of the molecule is CC1=CC=CCC1(C)Oc1cc(-n2c(=O)cc(C(F)(F)c3ccccc3)[nH]c2=O)c(F)cc1C#N. The lowest BCUT2D eigenvalue weighted by atomic mass is 9.89. The number of hydrogen-bond donors (Lipinski definition) is 1. The van der Waals surface area contributed by atoms with E-state index in [1.807, 2.05) is 36.2 Å². The van der Waals surface area contributed by atoms with Crippen LogP contribution in [0.3, 0.4) is 0 Å². The molecule has 35 heavy (non-hydrogen) atoms. The second kappa shape index (κ2) is 8.80. The number of aromatic nitrogens is 2. The maximum Gasteiger partial charge on any atom is 0.333 e. The summed E-state index contributed by atoms with van der Waals surface area (Å²) in [5.41, 5.74) is -4.47. The number of alkyl halides is 2. The standard InChI is InChI=1S/C26H20F3N3O3/c1-16-8-6-7-11-25(16,2)35-21-13-20(19(27)12-17(21)15-30)32-23(33)14-22(31-24(32)34)26(28,29)18-9-4-3-5-10-18/h3-10,12-14H,11H2,1-2H3,(H,31,34). The summed E-state index contributed by atoms with van der Waals surface area (Å²) in [6.45, 7) is 3.62. The fourth-order valence-electron chi connectivity index (χ4n) is 3.79. The van der Waals surface area contributed by atoms with Crippen molar-refractivity contribution in [2.45, 2.75) is 31.8 Å². The molecule has 1 unspecified atom stereocenters. The first kappa shape index (κ1) is 23.8. The topological polar surface area (TPSA) is 87.9 Å². The third kappa shape index (κ3) is 4.30. The van der Waals surface area contributed by atoms with Gasteiger partial charge in [0.05, 0.1) is 16.9 Å². The van der Waals surface area contributed by atoms with Gasteiger partial charge >= 0.3 is 11.6 Å². The Bertz CT molecular complexity index is 1480. The fourth-order valence-corrected chi connectivity index (χ4v) is 3.79. The maximum atomic E-state index is 14.9. The molecule has 3 aromatic rings. The van der Waals surface area contributed by atoms with Crippen molar-refractivity contribution < 1.29 is 17.9 Å². The minimum Gasteiger partial charge on any atom is -0.481 e. The smallest absolute Gasteiger partial charge is 0.333 e. The van der Waals surface area contributed by atoms with Crippen molar-refractivity contribution in [2.24, 2.45) is 0 Å². The highest BCUT2D eigenvalue weighted by molar-refractivity contribution is 5.52. The summed E-state index contributed by atoms with van der Waals surface area (Å²) in [4.78, 5) is 27.5. The number of nitrogens with zero attached hydrogens (tertiary/aromatic N) is 2. The van der Waals surface area contributed by atoms with E-state index in [1.54, 1.807) is 13.0 Å². The van der Waals surface area contributed by atoms with E-state index in [2.05, 4.69) is 0 Å². The molecule has 9 heteroatoms. The van der Waals surface area contributed by atoms with Gasteiger partial charge in [-0.1, -0.05) is 48.6 Å². The van der Waals surface area contributed by atoms with E-state index in [1.165, 1.54) is 12.1 Å². The number of aromatic amines is 1. The van der Waals surface area contributed by atoms with E-state index < -0.39 is 45.5 Å². The molecule has 1 N–H and O–H groups in total. The third-order valence-electron chi connectivity index (χ3n) is 5.98. The van der Waals surface area contributed by atoms with Crippen molar-refractivity contribution in [3.05, 3.63) is 116 Å². The number of nitrogens with one attached hydrogen (secondary N) is 1. The summed E-state index contributed by atoms with van der Waals surface area (Å²) < 4.78 is 51.2. The van der Waals surface area contributed by atoms with Crippen LogP contribution in [0.2, 0.25) is 0 Å². The van der Waals surface area contributed by atoms with Gasteiger partial charge in [-0.25, -0.2) is 13.8 Å². The minimum absolute atomic E-state index is 0.0561. The first-order valence-electron chi connectivity index (χ1n) is 10.6. The lowest BCUT2D eigenvalue weighted by molar-refractivity contribution is 0.0373. The second-order valence-electron chi connectivity index (χ2n) is 8.33. The molecule has 1 aliphatic rings. The van der Waals surface area contributed by atoms with Crippen LogP contribution in [0.4, 0.5) is 13.2 Å². The van der Waals surface area contributed by atoms with E-state index in [-0.39, 0.29) is 11.3 Å². The molecule has 6 nitrogen and oxygen atoms in total. The number of ether oxygens (including phenoxy) is 1. The Morgan fingerprint density at radius 2 is 1.89 bits per heavy atom. The van der Waals surface area contributed by atoms with Gasteiger partial charge in [-0.15, -0.1) is 0 Å². The zero-order valence-electron chi connectivity index (χ0n) is 18.8. The largest absolute Gasteiger partial charge is 0.481 e. The summed E-state index contributed by atoms with van der Waals surface area (Å²) in [7, 11) is 0. The predicted octanol–water partition coefficient (Wildman–Crippen LogP) is 4.72. The second-order valence-corrected chi connectivity index (χ2v) is 8.33. The van der Waals surface area contributed by atoms with Crippen LogP contribution in [-0.2, 0) is 5.92 Å². The van der Waals surface area contributed by atoms with Crippen molar-refractivity contribution in [3.8, 4) is 17.5 Å². The molecule has 4 rings (SSSR count). The molecule has 1 atom stereocenters. The Kier molecular flexibility index (Phi) is 5.99. The summed E-state index contributed by atoms with van der Waals surface area (Å²) in [6, 6.07) is 10.9.